The first kappa shape index (κ1) is 21.2. The number of hydrogen-bond donors (Lipinski definition) is 2. The summed E-state index contributed by atoms with van der Waals surface area (Å²) in [6.45, 7) is 7.31. The molecule has 0 saturated heterocycles. The Morgan fingerprint density at radius 3 is 2.62 bits per heavy atom. The maximum Gasteiger partial charge on any atom is 0.408 e. The molecule has 1 fully saturated rings. The second-order valence-electron chi connectivity index (χ2n) is 8.42. The Morgan fingerprint density at radius 1 is 1.28 bits per heavy atom. The van der Waals surface area contributed by atoms with Gasteiger partial charge in [0.15, 0.2) is 0 Å². The molecular formula is C21H28N4O3S. The van der Waals surface area contributed by atoms with Crippen LogP contribution >= 0.6 is 11.3 Å². The molecule has 8 heteroatoms. The summed E-state index contributed by atoms with van der Waals surface area (Å²) in [5, 5.41) is 8.64. The number of amides is 2. The van der Waals surface area contributed by atoms with Crippen LogP contribution in [0.15, 0.2) is 29.9 Å². The van der Waals surface area contributed by atoms with Crippen molar-refractivity contribution in [3.63, 3.8) is 0 Å². The van der Waals surface area contributed by atoms with Crippen LogP contribution in [0.4, 0.5) is 4.79 Å². The Balaban J connectivity index is 1.68. The van der Waals surface area contributed by atoms with Crippen LogP contribution in [0.25, 0.3) is 11.3 Å². The highest BCUT2D eigenvalue weighted by Crippen LogP contribution is 2.32. The van der Waals surface area contributed by atoms with Crippen LogP contribution in [0.5, 0.6) is 0 Å². The number of ether oxygens (including phenoxy) is 1. The van der Waals surface area contributed by atoms with Crippen LogP contribution in [-0.2, 0) is 9.53 Å². The first-order valence-electron chi connectivity index (χ1n) is 9.86. The van der Waals surface area contributed by atoms with E-state index in [2.05, 4.69) is 20.6 Å². The summed E-state index contributed by atoms with van der Waals surface area (Å²) in [5.74, 6) is -0.188. The number of rotatable bonds is 5. The summed E-state index contributed by atoms with van der Waals surface area (Å²) in [6, 6.07) is 3.55. The van der Waals surface area contributed by atoms with Gasteiger partial charge in [0.25, 0.3) is 0 Å². The highest BCUT2D eigenvalue weighted by atomic mass is 32.1. The van der Waals surface area contributed by atoms with Gasteiger partial charge in [-0.05, 0) is 52.7 Å². The van der Waals surface area contributed by atoms with Crippen LogP contribution in [0.2, 0.25) is 0 Å². The Hall–Kier alpha value is -2.48. The number of thiazole rings is 1. The minimum Gasteiger partial charge on any atom is -0.444 e. The lowest BCUT2D eigenvalue weighted by Gasteiger charge is -2.31. The van der Waals surface area contributed by atoms with E-state index in [1.54, 1.807) is 33.2 Å². The van der Waals surface area contributed by atoms with E-state index in [-0.39, 0.29) is 11.9 Å². The number of carbonyl (C=O) groups excluding carboxylic acids is 2. The SMILES string of the molecule is CC(NC(=O)C1(NC(=O)OC(C)(C)C)CCCC1)c1nc(-c2cccnc2)cs1. The molecule has 0 radical (unpaired) electrons. The van der Waals surface area contributed by atoms with Gasteiger partial charge in [-0.3, -0.25) is 9.78 Å². The average Bonchev–Trinajstić information content (AvgIpc) is 3.31. The van der Waals surface area contributed by atoms with Gasteiger partial charge in [-0.2, -0.15) is 0 Å². The number of nitrogens with one attached hydrogen (secondary N) is 2. The monoisotopic (exact) mass is 416 g/mol. The lowest BCUT2D eigenvalue weighted by Crippen LogP contribution is -2.58. The first-order chi connectivity index (χ1) is 13.7. The molecule has 1 unspecified atom stereocenters. The van der Waals surface area contributed by atoms with Gasteiger partial charge in [0.1, 0.15) is 16.1 Å². The highest BCUT2D eigenvalue weighted by molar-refractivity contribution is 7.10. The lowest BCUT2D eigenvalue weighted by molar-refractivity contribution is -0.128. The molecule has 0 spiro atoms. The zero-order valence-electron chi connectivity index (χ0n) is 17.3. The van der Waals surface area contributed by atoms with Crippen molar-refractivity contribution < 1.29 is 14.3 Å². The van der Waals surface area contributed by atoms with E-state index in [0.717, 1.165) is 29.1 Å². The van der Waals surface area contributed by atoms with Crippen molar-refractivity contribution in [3.05, 3.63) is 34.9 Å². The van der Waals surface area contributed by atoms with E-state index < -0.39 is 17.2 Å². The molecule has 156 valence electrons. The predicted octanol–water partition coefficient (Wildman–Crippen LogP) is 4.22. The molecule has 0 bridgehead atoms. The fourth-order valence-electron chi connectivity index (χ4n) is 3.42. The van der Waals surface area contributed by atoms with E-state index in [9.17, 15) is 9.59 Å². The third kappa shape index (κ3) is 5.32. The number of nitrogens with zero attached hydrogens (tertiary/aromatic N) is 2. The molecule has 2 aromatic heterocycles. The Labute approximate surface area is 175 Å². The molecule has 3 rings (SSSR count). The Kier molecular flexibility index (Phi) is 6.21. The van der Waals surface area contributed by atoms with Gasteiger partial charge >= 0.3 is 6.09 Å². The van der Waals surface area contributed by atoms with E-state index >= 15 is 0 Å². The summed E-state index contributed by atoms with van der Waals surface area (Å²) < 4.78 is 5.37. The van der Waals surface area contributed by atoms with Crippen molar-refractivity contribution >= 4 is 23.3 Å². The summed E-state index contributed by atoms with van der Waals surface area (Å²) in [5.41, 5.74) is 0.228. The molecule has 7 nitrogen and oxygen atoms in total. The van der Waals surface area contributed by atoms with Crippen molar-refractivity contribution in [1.29, 1.82) is 0 Å². The molecule has 2 heterocycles. The molecule has 29 heavy (non-hydrogen) atoms. The molecule has 1 aliphatic rings. The zero-order chi connectivity index (χ0) is 21.1. The number of hydrogen-bond acceptors (Lipinski definition) is 6. The van der Waals surface area contributed by atoms with E-state index in [1.165, 1.54) is 11.3 Å². The second kappa shape index (κ2) is 8.49. The molecule has 1 atom stereocenters. The van der Waals surface area contributed by atoms with E-state index in [4.69, 9.17) is 4.74 Å². The van der Waals surface area contributed by atoms with Crippen LogP contribution in [0.3, 0.4) is 0 Å². The maximum absolute atomic E-state index is 13.1. The van der Waals surface area contributed by atoms with E-state index in [0.29, 0.717) is 12.8 Å². The molecule has 0 aliphatic heterocycles. The van der Waals surface area contributed by atoms with Crippen LogP contribution in [0.1, 0.15) is 64.4 Å². The topological polar surface area (TPSA) is 93.2 Å². The van der Waals surface area contributed by atoms with Gasteiger partial charge in [0.05, 0.1) is 11.7 Å². The molecule has 2 amide bonds. The van der Waals surface area contributed by atoms with Gasteiger partial charge in [-0.1, -0.05) is 12.8 Å². The van der Waals surface area contributed by atoms with Gasteiger partial charge in [0.2, 0.25) is 5.91 Å². The third-order valence-electron chi connectivity index (χ3n) is 4.83. The van der Waals surface area contributed by atoms with Crippen molar-refractivity contribution in [2.45, 2.75) is 70.6 Å². The number of alkyl carbamates (subject to hydrolysis) is 1. The second-order valence-corrected chi connectivity index (χ2v) is 9.31. The zero-order valence-corrected chi connectivity index (χ0v) is 18.1. The molecule has 0 aromatic carbocycles. The van der Waals surface area contributed by atoms with Crippen LogP contribution < -0.4 is 10.6 Å². The first-order valence-corrected chi connectivity index (χ1v) is 10.7. The van der Waals surface area contributed by atoms with Crippen molar-refractivity contribution in [2.24, 2.45) is 0 Å². The molecular weight excluding hydrogens is 388 g/mol. The fourth-order valence-corrected chi connectivity index (χ4v) is 4.25. The third-order valence-corrected chi connectivity index (χ3v) is 5.86. The van der Waals surface area contributed by atoms with Crippen LogP contribution in [0, 0.1) is 0 Å². The summed E-state index contributed by atoms with van der Waals surface area (Å²) in [4.78, 5) is 34.2. The van der Waals surface area contributed by atoms with Gasteiger partial charge in [-0.15, -0.1) is 11.3 Å². The Morgan fingerprint density at radius 2 is 2.00 bits per heavy atom. The van der Waals surface area contributed by atoms with Gasteiger partial charge < -0.3 is 15.4 Å². The number of pyridine rings is 1. The number of carbonyl (C=O) groups is 2. The van der Waals surface area contributed by atoms with Gasteiger partial charge in [0, 0.05) is 23.3 Å². The number of aromatic nitrogens is 2. The minimum atomic E-state index is -0.931. The summed E-state index contributed by atoms with van der Waals surface area (Å²) >= 11 is 1.49. The minimum absolute atomic E-state index is 0.188. The van der Waals surface area contributed by atoms with Crippen molar-refractivity contribution in [3.8, 4) is 11.3 Å². The van der Waals surface area contributed by atoms with Crippen molar-refractivity contribution in [1.82, 2.24) is 20.6 Å². The van der Waals surface area contributed by atoms with Gasteiger partial charge in [-0.25, -0.2) is 9.78 Å². The normalized spacial score (nSPS) is 16.8. The van der Waals surface area contributed by atoms with Crippen molar-refractivity contribution in [2.75, 3.05) is 0 Å². The molecule has 2 N–H and O–H groups in total. The van der Waals surface area contributed by atoms with E-state index in [1.807, 2.05) is 24.4 Å². The lowest BCUT2D eigenvalue weighted by atomic mass is 9.96. The fraction of sp³-hybridized carbons (Fsp3) is 0.524. The summed E-state index contributed by atoms with van der Waals surface area (Å²) in [7, 11) is 0. The standard InChI is InChI=1S/C21H28N4O3S/c1-14(17-24-16(13-29-17)15-8-7-11-22-12-15)23-18(26)21(9-5-6-10-21)25-19(27)28-20(2,3)4/h7-8,11-14H,5-6,9-10H2,1-4H3,(H,23,26)(H,25,27). The quantitative estimate of drug-likeness (QED) is 0.761. The molecule has 1 saturated carbocycles. The predicted molar refractivity (Wildman–Crippen MR) is 112 cm³/mol. The highest BCUT2D eigenvalue weighted by Gasteiger charge is 2.44. The Bertz CT molecular complexity index is 854. The summed E-state index contributed by atoms with van der Waals surface area (Å²) in [6.07, 6.45) is 5.90. The smallest absolute Gasteiger partial charge is 0.408 e. The molecule has 1 aliphatic carbocycles. The average molecular weight is 417 g/mol. The van der Waals surface area contributed by atoms with Crippen LogP contribution in [-0.4, -0.2) is 33.1 Å². The largest absolute Gasteiger partial charge is 0.444 e. The molecule has 2 aromatic rings. The maximum atomic E-state index is 13.1.